The van der Waals surface area contributed by atoms with E-state index in [1.165, 1.54) is 0 Å². The Morgan fingerprint density at radius 3 is 2.44 bits per heavy atom. The van der Waals surface area contributed by atoms with Crippen molar-refractivity contribution in [2.24, 2.45) is 10.2 Å². The molecule has 0 aliphatic carbocycles. The van der Waals surface area contributed by atoms with Crippen molar-refractivity contribution in [1.29, 1.82) is 0 Å². The Hall–Kier alpha value is -4.46. The van der Waals surface area contributed by atoms with E-state index in [-0.39, 0.29) is 24.7 Å². The van der Waals surface area contributed by atoms with Gasteiger partial charge in [-0.25, -0.2) is 0 Å². The van der Waals surface area contributed by atoms with E-state index in [0.29, 0.717) is 17.7 Å². The molecular formula is C26H24N4O4. The number of rotatable bonds is 8. The lowest BCUT2D eigenvalue weighted by molar-refractivity contribution is -0.126. The molecule has 1 aromatic heterocycles. The fourth-order valence-corrected chi connectivity index (χ4v) is 3.45. The molecule has 0 unspecified atom stereocenters. The van der Waals surface area contributed by atoms with Crippen LogP contribution in [0.2, 0.25) is 0 Å². The highest BCUT2D eigenvalue weighted by atomic mass is 16.5. The van der Waals surface area contributed by atoms with E-state index < -0.39 is 11.8 Å². The first kappa shape index (κ1) is 22.7. The number of amides is 2. The minimum atomic E-state index is -0.650. The molecule has 0 fully saturated rings. The van der Waals surface area contributed by atoms with Gasteiger partial charge in [0.1, 0.15) is 12.3 Å². The van der Waals surface area contributed by atoms with Gasteiger partial charge in [-0.15, -0.1) is 10.2 Å². The van der Waals surface area contributed by atoms with E-state index in [2.05, 4.69) is 15.5 Å². The SMILES string of the molecule is Cc1ccc(OCC(=O)NCC(=O)N=Nc2c(O)n(Cc3ccccc3)c3ccccc23)cc1. The predicted octanol–water partition coefficient (Wildman–Crippen LogP) is 4.51. The summed E-state index contributed by atoms with van der Waals surface area (Å²) in [5.74, 6) is -0.624. The minimum Gasteiger partial charge on any atom is -0.493 e. The van der Waals surface area contributed by atoms with Crippen molar-refractivity contribution in [2.45, 2.75) is 13.5 Å². The van der Waals surface area contributed by atoms with Gasteiger partial charge >= 0.3 is 0 Å². The number of ether oxygens (including phenoxy) is 1. The van der Waals surface area contributed by atoms with Gasteiger partial charge in [-0.05, 0) is 30.7 Å². The number of azo groups is 1. The summed E-state index contributed by atoms with van der Waals surface area (Å²) < 4.78 is 7.10. The van der Waals surface area contributed by atoms with E-state index in [4.69, 9.17) is 4.74 Å². The lowest BCUT2D eigenvalue weighted by Crippen LogP contribution is -2.32. The number of nitrogens with one attached hydrogen (secondary N) is 1. The molecule has 8 nitrogen and oxygen atoms in total. The third kappa shape index (κ3) is 5.47. The van der Waals surface area contributed by atoms with E-state index in [1.54, 1.807) is 22.8 Å². The van der Waals surface area contributed by atoms with Crippen LogP contribution in [-0.2, 0) is 16.1 Å². The first-order valence-electron chi connectivity index (χ1n) is 10.8. The predicted molar refractivity (Wildman–Crippen MR) is 128 cm³/mol. The van der Waals surface area contributed by atoms with Crippen molar-refractivity contribution in [1.82, 2.24) is 9.88 Å². The quantitative estimate of drug-likeness (QED) is 0.381. The van der Waals surface area contributed by atoms with Crippen molar-refractivity contribution >= 4 is 28.4 Å². The summed E-state index contributed by atoms with van der Waals surface area (Å²) in [6.45, 7) is 1.84. The molecule has 0 aliphatic rings. The summed E-state index contributed by atoms with van der Waals surface area (Å²) in [5, 5.41) is 21.6. The van der Waals surface area contributed by atoms with Crippen molar-refractivity contribution in [3.63, 3.8) is 0 Å². The van der Waals surface area contributed by atoms with Crippen LogP contribution >= 0.6 is 0 Å². The fourth-order valence-electron chi connectivity index (χ4n) is 3.45. The zero-order valence-corrected chi connectivity index (χ0v) is 18.6. The highest BCUT2D eigenvalue weighted by Gasteiger charge is 2.17. The molecule has 1 heterocycles. The monoisotopic (exact) mass is 456 g/mol. The van der Waals surface area contributed by atoms with Crippen LogP contribution in [-0.4, -0.2) is 34.6 Å². The Balaban J connectivity index is 1.39. The van der Waals surface area contributed by atoms with Crippen LogP contribution in [0, 0.1) is 6.92 Å². The summed E-state index contributed by atoms with van der Waals surface area (Å²) in [4.78, 5) is 24.1. The number of hydrogen-bond acceptors (Lipinski definition) is 5. The van der Waals surface area contributed by atoms with E-state index in [9.17, 15) is 14.7 Å². The molecule has 2 amide bonds. The van der Waals surface area contributed by atoms with Crippen molar-refractivity contribution in [3.8, 4) is 11.6 Å². The van der Waals surface area contributed by atoms with Gasteiger partial charge in [0, 0.05) is 5.39 Å². The average Bonchev–Trinajstić information content (AvgIpc) is 3.12. The molecule has 0 radical (unpaired) electrons. The molecule has 4 rings (SSSR count). The number of aromatic hydroxyl groups is 1. The zero-order valence-electron chi connectivity index (χ0n) is 18.6. The number of aryl methyl sites for hydroxylation is 1. The first-order valence-corrected chi connectivity index (χ1v) is 10.8. The molecule has 0 atom stereocenters. The molecule has 3 aromatic carbocycles. The smallest absolute Gasteiger partial charge is 0.283 e. The largest absolute Gasteiger partial charge is 0.493 e. The molecule has 0 saturated heterocycles. The van der Waals surface area contributed by atoms with Gasteiger partial charge in [-0.2, -0.15) is 0 Å². The van der Waals surface area contributed by atoms with Crippen LogP contribution in [0.15, 0.2) is 89.1 Å². The first-order chi connectivity index (χ1) is 16.5. The van der Waals surface area contributed by atoms with Gasteiger partial charge < -0.3 is 19.7 Å². The Bertz CT molecular complexity index is 1330. The average molecular weight is 457 g/mol. The van der Waals surface area contributed by atoms with E-state index >= 15 is 0 Å². The number of carbonyl (C=O) groups is 2. The van der Waals surface area contributed by atoms with Crippen LogP contribution in [0.5, 0.6) is 11.6 Å². The number of para-hydroxylation sites is 1. The molecule has 8 heteroatoms. The van der Waals surface area contributed by atoms with Crippen LogP contribution in [0.4, 0.5) is 5.69 Å². The third-order valence-corrected chi connectivity index (χ3v) is 5.19. The summed E-state index contributed by atoms with van der Waals surface area (Å²) >= 11 is 0. The number of aromatic nitrogens is 1. The molecule has 0 bridgehead atoms. The van der Waals surface area contributed by atoms with Crippen molar-refractivity contribution in [2.75, 3.05) is 13.2 Å². The number of nitrogens with zero attached hydrogens (tertiary/aromatic N) is 3. The van der Waals surface area contributed by atoms with Gasteiger partial charge in [0.2, 0.25) is 5.88 Å². The lowest BCUT2D eigenvalue weighted by atomic mass is 10.2. The van der Waals surface area contributed by atoms with Gasteiger partial charge in [-0.1, -0.05) is 66.2 Å². The molecule has 34 heavy (non-hydrogen) atoms. The zero-order chi connectivity index (χ0) is 23.9. The Morgan fingerprint density at radius 2 is 1.68 bits per heavy atom. The highest BCUT2D eigenvalue weighted by molar-refractivity contribution is 5.95. The molecule has 2 N–H and O–H groups in total. The number of carbonyl (C=O) groups excluding carboxylic acids is 2. The topological polar surface area (TPSA) is 105 Å². The van der Waals surface area contributed by atoms with E-state index in [0.717, 1.165) is 16.6 Å². The summed E-state index contributed by atoms with van der Waals surface area (Å²) in [5.41, 5.74) is 3.07. The maximum absolute atomic E-state index is 12.2. The van der Waals surface area contributed by atoms with Gasteiger partial charge in [-0.3, -0.25) is 9.59 Å². The van der Waals surface area contributed by atoms with Gasteiger partial charge in [0.15, 0.2) is 12.3 Å². The Labute approximate surface area is 196 Å². The molecule has 0 spiro atoms. The van der Waals surface area contributed by atoms with Crippen molar-refractivity contribution in [3.05, 3.63) is 90.0 Å². The van der Waals surface area contributed by atoms with Crippen LogP contribution < -0.4 is 10.1 Å². The molecule has 0 saturated carbocycles. The summed E-state index contributed by atoms with van der Waals surface area (Å²) in [6.07, 6.45) is 0. The number of benzene rings is 3. The maximum atomic E-state index is 12.2. The van der Waals surface area contributed by atoms with E-state index in [1.807, 2.05) is 67.6 Å². The van der Waals surface area contributed by atoms with Crippen molar-refractivity contribution < 1.29 is 19.4 Å². The second-order valence-corrected chi connectivity index (χ2v) is 7.73. The summed E-state index contributed by atoms with van der Waals surface area (Å²) in [6, 6.07) is 24.4. The Morgan fingerprint density at radius 1 is 0.971 bits per heavy atom. The number of fused-ring (bicyclic) bond motifs is 1. The molecule has 0 aliphatic heterocycles. The van der Waals surface area contributed by atoms with Gasteiger partial charge in [0.25, 0.3) is 11.8 Å². The molecular weight excluding hydrogens is 432 g/mol. The fraction of sp³-hybridized carbons (Fsp3) is 0.154. The number of hydrogen-bond donors (Lipinski definition) is 2. The normalized spacial score (nSPS) is 11.1. The molecule has 4 aromatic rings. The second-order valence-electron chi connectivity index (χ2n) is 7.73. The van der Waals surface area contributed by atoms with Crippen LogP contribution in [0.1, 0.15) is 11.1 Å². The van der Waals surface area contributed by atoms with Crippen LogP contribution in [0.3, 0.4) is 0 Å². The second kappa shape index (κ2) is 10.4. The Kier molecular flexibility index (Phi) is 6.98. The summed E-state index contributed by atoms with van der Waals surface area (Å²) in [7, 11) is 0. The lowest BCUT2D eigenvalue weighted by Gasteiger charge is -2.07. The maximum Gasteiger partial charge on any atom is 0.283 e. The van der Waals surface area contributed by atoms with Crippen LogP contribution in [0.25, 0.3) is 10.9 Å². The molecule has 172 valence electrons. The standard InChI is InChI=1S/C26H24N4O4/c1-18-11-13-20(14-12-18)34-17-24(32)27-15-23(31)28-29-25-21-9-5-6-10-22(21)30(26(25)33)16-19-7-3-2-4-8-19/h2-14,33H,15-17H2,1H3,(H,27,32). The highest BCUT2D eigenvalue weighted by Crippen LogP contribution is 2.39. The minimum absolute atomic E-state index is 0.0860. The third-order valence-electron chi connectivity index (χ3n) is 5.19. The van der Waals surface area contributed by atoms with Gasteiger partial charge in [0.05, 0.1) is 12.1 Å².